The summed E-state index contributed by atoms with van der Waals surface area (Å²) in [6.07, 6.45) is 2.38. The van der Waals surface area contributed by atoms with Gasteiger partial charge in [-0.05, 0) is 24.8 Å². The SMILES string of the molecule is COCCN(CCCN)C(=O)CCC(C)(C)C. The van der Waals surface area contributed by atoms with Crippen molar-refractivity contribution in [3.63, 3.8) is 0 Å². The van der Waals surface area contributed by atoms with Gasteiger partial charge in [0.05, 0.1) is 6.61 Å². The summed E-state index contributed by atoms with van der Waals surface area (Å²) in [5.74, 6) is 0.213. The minimum atomic E-state index is 0.205. The largest absolute Gasteiger partial charge is 0.383 e. The summed E-state index contributed by atoms with van der Waals surface area (Å²) in [5.41, 5.74) is 5.68. The molecule has 0 aliphatic carbocycles. The third-order valence-corrected chi connectivity index (χ3v) is 2.64. The van der Waals surface area contributed by atoms with E-state index in [9.17, 15) is 4.79 Å². The van der Waals surface area contributed by atoms with Gasteiger partial charge in [0, 0.05) is 26.6 Å². The molecule has 0 unspecified atom stereocenters. The van der Waals surface area contributed by atoms with Crippen LogP contribution in [0.3, 0.4) is 0 Å². The van der Waals surface area contributed by atoms with Gasteiger partial charge in [0.1, 0.15) is 0 Å². The number of nitrogens with zero attached hydrogens (tertiary/aromatic N) is 1. The fourth-order valence-corrected chi connectivity index (χ4v) is 1.48. The number of carbonyl (C=O) groups is 1. The smallest absolute Gasteiger partial charge is 0.222 e. The molecule has 4 heteroatoms. The first kappa shape index (κ1) is 16.4. The van der Waals surface area contributed by atoms with Gasteiger partial charge >= 0.3 is 0 Å². The number of hydrogen-bond acceptors (Lipinski definition) is 3. The molecule has 0 saturated heterocycles. The standard InChI is InChI=1S/C13H28N2O2/c1-13(2,3)7-6-12(16)15(9-5-8-14)10-11-17-4/h5-11,14H2,1-4H3. The Balaban J connectivity index is 4.11. The average Bonchev–Trinajstić information content (AvgIpc) is 2.25. The molecule has 0 aliphatic heterocycles. The van der Waals surface area contributed by atoms with E-state index in [1.807, 2.05) is 4.90 Å². The summed E-state index contributed by atoms with van der Waals surface area (Å²) >= 11 is 0. The average molecular weight is 244 g/mol. The van der Waals surface area contributed by atoms with Crippen LogP contribution in [0.2, 0.25) is 0 Å². The normalized spacial score (nSPS) is 11.6. The monoisotopic (exact) mass is 244 g/mol. The molecule has 0 aliphatic rings. The first-order valence-corrected chi connectivity index (χ1v) is 6.37. The first-order chi connectivity index (χ1) is 7.90. The van der Waals surface area contributed by atoms with Crippen LogP contribution in [0.5, 0.6) is 0 Å². The highest BCUT2D eigenvalue weighted by atomic mass is 16.5. The number of methoxy groups -OCH3 is 1. The lowest BCUT2D eigenvalue weighted by molar-refractivity contribution is -0.132. The molecule has 0 rings (SSSR count). The number of amides is 1. The molecule has 0 bridgehead atoms. The van der Waals surface area contributed by atoms with Crippen molar-refractivity contribution in [3.05, 3.63) is 0 Å². The second kappa shape index (κ2) is 8.48. The highest BCUT2D eigenvalue weighted by molar-refractivity contribution is 5.76. The third-order valence-electron chi connectivity index (χ3n) is 2.64. The van der Waals surface area contributed by atoms with Gasteiger partial charge in [-0.2, -0.15) is 0 Å². The Hall–Kier alpha value is -0.610. The van der Waals surface area contributed by atoms with E-state index in [-0.39, 0.29) is 11.3 Å². The Kier molecular flexibility index (Phi) is 8.17. The van der Waals surface area contributed by atoms with Crippen molar-refractivity contribution in [2.75, 3.05) is 33.4 Å². The minimum absolute atomic E-state index is 0.205. The molecule has 102 valence electrons. The molecule has 0 aromatic rings. The number of nitrogens with two attached hydrogens (primary N) is 1. The Morgan fingerprint density at radius 1 is 1.29 bits per heavy atom. The topological polar surface area (TPSA) is 55.6 Å². The van der Waals surface area contributed by atoms with Crippen LogP contribution in [-0.2, 0) is 9.53 Å². The first-order valence-electron chi connectivity index (χ1n) is 6.37. The molecular formula is C13H28N2O2. The van der Waals surface area contributed by atoms with E-state index in [1.165, 1.54) is 0 Å². The van der Waals surface area contributed by atoms with Crippen molar-refractivity contribution < 1.29 is 9.53 Å². The van der Waals surface area contributed by atoms with E-state index in [0.29, 0.717) is 26.1 Å². The molecule has 0 heterocycles. The van der Waals surface area contributed by atoms with Crippen molar-refractivity contribution in [1.29, 1.82) is 0 Å². The van der Waals surface area contributed by atoms with Crippen molar-refractivity contribution in [1.82, 2.24) is 4.90 Å². The Morgan fingerprint density at radius 3 is 2.41 bits per heavy atom. The molecule has 0 spiro atoms. The molecule has 0 radical (unpaired) electrons. The van der Waals surface area contributed by atoms with Crippen molar-refractivity contribution in [3.8, 4) is 0 Å². The quantitative estimate of drug-likeness (QED) is 0.706. The van der Waals surface area contributed by atoms with Gasteiger partial charge in [0.15, 0.2) is 0 Å². The lowest BCUT2D eigenvalue weighted by Crippen LogP contribution is -2.36. The van der Waals surface area contributed by atoms with Crippen LogP contribution in [0.4, 0.5) is 0 Å². The van der Waals surface area contributed by atoms with Crippen LogP contribution in [0.1, 0.15) is 40.0 Å². The highest BCUT2D eigenvalue weighted by Crippen LogP contribution is 2.21. The predicted molar refractivity (Wildman–Crippen MR) is 70.8 cm³/mol. The number of carbonyl (C=O) groups excluding carboxylic acids is 1. The molecule has 0 aromatic carbocycles. The number of rotatable bonds is 8. The van der Waals surface area contributed by atoms with Gasteiger partial charge in [0.2, 0.25) is 5.91 Å². The van der Waals surface area contributed by atoms with Gasteiger partial charge in [-0.25, -0.2) is 0 Å². The van der Waals surface area contributed by atoms with E-state index < -0.39 is 0 Å². The van der Waals surface area contributed by atoms with Gasteiger partial charge < -0.3 is 15.4 Å². The van der Waals surface area contributed by atoms with Crippen LogP contribution < -0.4 is 5.73 Å². The van der Waals surface area contributed by atoms with Gasteiger partial charge in [-0.1, -0.05) is 20.8 Å². The fourth-order valence-electron chi connectivity index (χ4n) is 1.48. The summed E-state index contributed by atoms with van der Waals surface area (Å²) in [6, 6.07) is 0. The Morgan fingerprint density at radius 2 is 1.94 bits per heavy atom. The lowest BCUT2D eigenvalue weighted by Gasteiger charge is -2.24. The Labute approximate surface area is 105 Å². The number of hydrogen-bond donors (Lipinski definition) is 1. The van der Waals surface area contributed by atoms with E-state index in [4.69, 9.17) is 10.5 Å². The fraction of sp³-hybridized carbons (Fsp3) is 0.923. The maximum atomic E-state index is 12.0. The molecule has 1 amide bonds. The summed E-state index contributed by atoms with van der Waals surface area (Å²) in [4.78, 5) is 13.9. The summed E-state index contributed by atoms with van der Waals surface area (Å²) in [6.45, 7) is 9.07. The zero-order valence-electron chi connectivity index (χ0n) is 11.8. The van der Waals surface area contributed by atoms with Crippen LogP contribution >= 0.6 is 0 Å². The third kappa shape index (κ3) is 9.12. The van der Waals surface area contributed by atoms with Crippen LogP contribution in [0, 0.1) is 5.41 Å². The molecule has 17 heavy (non-hydrogen) atoms. The zero-order valence-corrected chi connectivity index (χ0v) is 11.8. The molecule has 2 N–H and O–H groups in total. The molecule has 0 aromatic heterocycles. The lowest BCUT2D eigenvalue weighted by atomic mass is 9.90. The van der Waals surface area contributed by atoms with Gasteiger partial charge in [0.25, 0.3) is 0 Å². The number of ether oxygens (including phenoxy) is 1. The predicted octanol–water partition coefficient (Wildman–Crippen LogP) is 1.64. The van der Waals surface area contributed by atoms with Crippen LogP contribution in [0.15, 0.2) is 0 Å². The molecule has 0 fully saturated rings. The second-order valence-corrected chi connectivity index (χ2v) is 5.58. The molecule has 4 nitrogen and oxygen atoms in total. The minimum Gasteiger partial charge on any atom is -0.383 e. The molecular weight excluding hydrogens is 216 g/mol. The van der Waals surface area contributed by atoms with Crippen molar-refractivity contribution in [2.24, 2.45) is 11.1 Å². The van der Waals surface area contributed by atoms with E-state index in [2.05, 4.69) is 20.8 Å². The van der Waals surface area contributed by atoms with Crippen molar-refractivity contribution in [2.45, 2.75) is 40.0 Å². The van der Waals surface area contributed by atoms with E-state index in [1.54, 1.807) is 7.11 Å². The summed E-state index contributed by atoms with van der Waals surface area (Å²) in [7, 11) is 1.65. The maximum absolute atomic E-state index is 12.0. The second-order valence-electron chi connectivity index (χ2n) is 5.58. The van der Waals surface area contributed by atoms with Gasteiger partial charge in [-0.3, -0.25) is 4.79 Å². The zero-order chi connectivity index (χ0) is 13.3. The van der Waals surface area contributed by atoms with Crippen molar-refractivity contribution >= 4 is 5.91 Å². The van der Waals surface area contributed by atoms with E-state index >= 15 is 0 Å². The summed E-state index contributed by atoms with van der Waals surface area (Å²) in [5, 5.41) is 0. The van der Waals surface area contributed by atoms with Crippen LogP contribution in [0.25, 0.3) is 0 Å². The highest BCUT2D eigenvalue weighted by Gasteiger charge is 2.17. The van der Waals surface area contributed by atoms with E-state index in [0.717, 1.165) is 19.4 Å². The summed E-state index contributed by atoms with van der Waals surface area (Å²) < 4.78 is 5.02. The maximum Gasteiger partial charge on any atom is 0.222 e. The van der Waals surface area contributed by atoms with Gasteiger partial charge in [-0.15, -0.1) is 0 Å². The van der Waals surface area contributed by atoms with Crippen LogP contribution in [-0.4, -0.2) is 44.2 Å². The molecule has 0 atom stereocenters. The molecule has 0 saturated carbocycles. The Bertz CT molecular complexity index is 204.